The summed E-state index contributed by atoms with van der Waals surface area (Å²) in [7, 11) is 2.03. The minimum absolute atomic E-state index is 0. The van der Waals surface area contributed by atoms with Gasteiger partial charge in [-0.15, -0.1) is 24.0 Å². The molecule has 0 spiro atoms. The fourth-order valence-corrected chi connectivity index (χ4v) is 3.99. The van der Waals surface area contributed by atoms with Crippen LogP contribution in [0, 0.1) is 6.92 Å². The number of hydrogen-bond donors (Lipinski definition) is 1. The number of nitrogens with one attached hydrogen (secondary N) is 1. The lowest BCUT2D eigenvalue weighted by molar-refractivity contribution is 0.169. The van der Waals surface area contributed by atoms with Crippen molar-refractivity contribution in [2.75, 3.05) is 32.7 Å². The largest absolute Gasteiger partial charge is 0.361 e. The Kier molecular flexibility index (Phi) is 9.60. The zero-order valence-electron chi connectivity index (χ0n) is 18.9. The van der Waals surface area contributed by atoms with Gasteiger partial charge in [-0.25, -0.2) is 4.99 Å². The molecule has 3 rings (SSSR count). The number of halogens is 1. The molecule has 168 valence electrons. The number of rotatable bonds is 7. The number of aliphatic imine (C=N–C) groups is 1. The van der Waals surface area contributed by atoms with Gasteiger partial charge in [0, 0.05) is 63.6 Å². The second-order valence-electron chi connectivity index (χ2n) is 7.56. The Labute approximate surface area is 197 Å². The van der Waals surface area contributed by atoms with Crippen molar-refractivity contribution in [3.63, 3.8) is 0 Å². The van der Waals surface area contributed by atoms with E-state index in [9.17, 15) is 0 Å². The van der Waals surface area contributed by atoms with Crippen LogP contribution in [0.5, 0.6) is 0 Å². The first-order valence-electron chi connectivity index (χ1n) is 10.8. The number of aromatic nitrogens is 3. The predicted molar refractivity (Wildman–Crippen MR) is 130 cm³/mol. The molecule has 30 heavy (non-hydrogen) atoms. The zero-order valence-corrected chi connectivity index (χ0v) is 21.3. The molecule has 3 heterocycles. The SMILES string of the molecule is CCNC(=NCc1c(CC)nn(C)c1CC)N1CCN(Cc2cc(C)on2)CC1.I. The maximum absolute atomic E-state index is 5.19. The standard InChI is InChI=1S/C21H35N7O.HI/c1-6-19-18(20(7-2)26(5)24-19)14-23-21(22-8-3)28-11-9-27(10-12-28)15-17-13-16(4)29-25-17;/h13H,6-12,14-15H2,1-5H3,(H,22,23);1H. The van der Waals surface area contributed by atoms with E-state index in [-0.39, 0.29) is 24.0 Å². The van der Waals surface area contributed by atoms with Crippen LogP contribution in [0.25, 0.3) is 0 Å². The van der Waals surface area contributed by atoms with Gasteiger partial charge in [0.25, 0.3) is 0 Å². The highest BCUT2D eigenvalue weighted by atomic mass is 127. The third-order valence-corrected chi connectivity index (χ3v) is 5.48. The van der Waals surface area contributed by atoms with E-state index in [0.717, 1.165) is 75.2 Å². The van der Waals surface area contributed by atoms with Gasteiger partial charge in [-0.2, -0.15) is 5.10 Å². The summed E-state index contributed by atoms with van der Waals surface area (Å²) in [6.07, 6.45) is 1.92. The molecule has 0 bridgehead atoms. The van der Waals surface area contributed by atoms with Crippen molar-refractivity contribution in [1.29, 1.82) is 0 Å². The highest BCUT2D eigenvalue weighted by Crippen LogP contribution is 2.17. The first kappa shape index (κ1) is 24.6. The van der Waals surface area contributed by atoms with Crippen LogP contribution in [0.15, 0.2) is 15.6 Å². The van der Waals surface area contributed by atoms with Crippen molar-refractivity contribution in [3.8, 4) is 0 Å². The van der Waals surface area contributed by atoms with E-state index in [1.165, 1.54) is 11.3 Å². The molecule has 0 atom stereocenters. The number of aryl methyl sites for hydroxylation is 3. The van der Waals surface area contributed by atoms with Gasteiger partial charge in [0.05, 0.1) is 17.9 Å². The van der Waals surface area contributed by atoms with Gasteiger partial charge >= 0.3 is 0 Å². The zero-order chi connectivity index (χ0) is 20.8. The van der Waals surface area contributed by atoms with Crippen LogP contribution in [0.2, 0.25) is 0 Å². The number of piperazine rings is 1. The highest BCUT2D eigenvalue weighted by Gasteiger charge is 2.21. The van der Waals surface area contributed by atoms with Crippen molar-refractivity contribution in [3.05, 3.63) is 34.5 Å². The molecule has 8 nitrogen and oxygen atoms in total. The quantitative estimate of drug-likeness (QED) is 0.338. The number of hydrogen-bond acceptors (Lipinski definition) is 5. The molecule has 2 aromatic heterocycles. The third-order valence-electron chi connectivity index (χ3n) is 5.48. The Morgan fingerprint density at radius 1 is 1.17 bits per heavy atom. The maximum atomic E-state index is 5.19. The number of guanidine groups is 1. The van der Waals surface area contributed by atoms with Crippen molar-refractivity contribution in [2.24, 2.45) is 12.0 Å². The van der Waals surface area contributed by atoms with Gasteiger partial charge in [-0.1, -0.05) is 19.0 Å². The van der Waals surface area contributed by atoms with Crippen molar-refractivity contribution in [2.45, 2.75) is 53.6 Å². The minimum Gasteiger partial charge on any atom is -0.361 e. The first-order valence-corrected chi connectivity index (χ1v) is 10.8. The molecule has 1 aliphatic rings. The average molecular weight is 529 g/mol. The lowest BCUT2D eigenvalue weighted by Crippen LogP contribution is -2.52. The van der Waals surface area contributed by atoms with Gasteiger partial charge in [0.15, 0.2) is 5.96 Å². The lowest BCUT2D eigenvalue weighted by Gasteiger charge is -2.36. The molecule has 0 unspecified atom stereocenters. The summed E-state index contributed by atoms with van der Waals surface area (Å²) in [5.74, 6) is 1.87. The molecule has 9 heteroatoms. The van der Waals surface area contributed by atoms with E-state index in [1.807, 2.05) is 24.7 Å². The molecule has 1 fully saturated rings. The Balaban J connectivity index is 0.00000320. The summed E-state index contributed by atoms with van der Waals surface area (Å²) < 4.78 is 7.20. The molecule has 0 aliphatic carbocycles. The molecular weight excluding hydrogens is 493 g/mol. The summed E-state index contributed by atoms with van der Waals surface area (Å²) in [5, 5.41) is 12.3. The predicted octanol–water partition coefficient (Wildman–Crippen LogP) is 2.74. The molecule has 1 saturated heterocycles. The van der Waals surface area contributed by atoms with Gasteiger partial charge < -0.3 is 14.7 Å². The summed E-state index contributed by atoms with van der Waals surface area (Å²) in [6, 6.07) is 2.02. The van der Waals surface area contributed by atoms with Crippen LogP contribution in [0.1, 0.15) is 49.2 Å². The molecule has 1 aliphatic heterocycles. The van der Waals surface area contributed by atoms with Crippen molar-refractivity contribution < 1.29 is 4.52 Å². The van der Waals surface area contributed by atoms with E-state index in [2.05, 4.69) is 46.1 Å². The van der Waals surface area contributed by atoms with Gasteiger partial charge in [0.1, 0.15) is 5.76 Å². The minimum atomic E-state index is 0. The average Bonchev–Trinajstić information content (AvgIpc) is 3.27. The van der Waals surface area contributed by atoms with Crippen LogP contribution in [0.4, 0.5) is 0 Å². The van der Waals surface area contributed by atoms with Crippen LogP contribution in [0.3, 0.4) is 0 Å². The van der Waals surface area contributed by atoms with Gasteiger partial charge in [-0.05, 0) is 26.7 Å². The summed E-state index contributed by atoms with van der Waals surface area (Å²) >= 11 is 0. The second-order valence-corrected chi connectivity index (χ2v) is 7.56. The van der Waals surface area contributed by atoms with E-state index in [0.29, 0.717) is 6.54 Å². The topological polar surface area (TPSA) is 74.7 Å². The van der Waals surface area contributed by atoms with E-state index < -0.39 is 0 Å². The van der Waals surface area contributed by atoms with E-state index >= 15 is 0 Å². The monoisotopic (exact) mass is 529 g/mol. The third kappa shape index (κ3) is 5.96. The second kappa shape index (κ2) is 11.7. The van der Waals surface area contributed by atoms with Crippen molar-refractivity contribution in [1.82, 2.24) is 30.1 Å². The Hall–Kier alpha value is -1.62. The molecule has 0 radical (unpaired) electrons. The van der Waals surface area contributed by atoms with Crippen molar-refractivity contribution >= 4 is 29.9 Å². The molecule has 2 aromatic rings. The Morgan fingerprint density at radius 2 is 1.90 bits per heavy atom. The van der Waals surface area contributed by atoms with E-state index in [4.69, 9.17) is 9.52 Å². The molecular formula is C21H36IN7O. The fourth-order valence-electron chi connectivity index (χ4n) is 3.99. The fraction of sp³-hybridized carbons (Fsp3) is 0.667. The van der Waals surface area contributed by atoms with Gasteiger partial charge in [-0.3, -0.25) is 9.58 Å². The normalized spacial score (nSPS) is 15.4. The van der Waals surface area contributed by atoms with E-state index in [1.54, 1.807) is 0 Å². The lowest BCUT2D eigenvalue weighted by atomic mass is 10.1. The first-order chi connectivity index (χ1) is 14.0. The summed E-state index contributed by atoms with van der Waals surface area (Å²) in [4.78, 5) is 9.76. The van der Waals surface area contributed by atoms with Crippen LogP contribution >= 0.6 is 24.0 Å². The molecule has 0 amide bonds. The Bertz CT molecular complexity index is 821. The molecule has 0 aromatic carbocycles. The van der Waals surface area contributed by atoms with Gasteiger partial charge in [0.2, 0.25) is 0 Å². The highest BCUT2D eigenvalue weighted by molar-refractivity contribution is 14.0. The number of nitrogens with zero attached hydrogens (tertiary/aromatic N) is 6. The molecule has 0 saturated carbocycles. The maximum Gasteiger partial charge on any atom is 0.194 e. The molecule has 1 N–H and O–H groups in total. The summed E-state index contributed by atoms with van der Waals surface area (Å²) in [6.45, 7) is 14.7. The Morgan fingerprint density at radius 3 is 2.47 bits per heavy atom. The van der Waals surface area contributed by atoms with Crippen LogP contribution in [-0.2, 0) is 33.0 Å². The smallest absolute Gasteiger partial charge is 0.194 e. The van der Waals surface area contributed by atoms with Crippen LogP contribution in [-0.4, -0.2) is 63.4 Å². The van der Waals surface area contributed by atoms with Crippen LogP contribution < -0.4 is 5.32 Å². The summed E-state index contributed by atoms with van der Waals surface area (Å²) in [5.41, 5.74) is 4.74.